The normalized spacial score (nSPS) is 34.9. The first kappa shape index (κ1) is 15.5. The standard InChI is InChI=1S/C21H31NO/c1-16-6-9-19-15-22(14-17-7-8-17)11-10-21(19,13-16)18-4-3-5-20(12-18)23-2/h3-5,12,16-17,19H,6-11,13-15H2,1-2H3/t16?,19-,21-/m0/s1. The van der Waals surface area contributed by atoms with Crippen LogP contribution in [-0.4, -0.2) is 31.6 Å². The summed E-state index contributed by atoms with van der Waals surface area (Å²) in [4.78, 5) is 2.77. The highest BCUT2D eigenvalue weighted by molar-refractivity contribution is 5.36. The van der Waals surface area contributed by atoms with E-state index in [1.54, 1.807) is 12.7 Å². The maximum Gasteiger partial charge on any atom is 0.119 e. The van der Waals surface area contributed by atoms with Crippen LogP contribution in [0.3, 0.4) is 0 Å². The molecule has 4 rings (SSSR count). The second-order valence-corrected chi connectivity index (χ2v) is 8.42. The van der Waals surface area contributed by atoms with Crippen LogP contribution in [0.4, 0.5) is 0 Å². The highest BCUT2D eigenvalue weighted by Crippen LogP contribution is 2.51. The number of ether oxygens (including phenoxy) is 1. The maximum atomic E-state index is 5.52. The number of fused-ring (bicyclic) bond motifs is 1. The van der Waals surface area contributed by atoms with Gasteiger partial charge in [-0.25, -0.2) is 0 Å². The number of likely N-dealkylation sites (tertiary alicyclic amines) is 1. The number of methoxy groups -OCH3 is 1. The molecular formula is C21H31NO. The summed E-state index contributed by atoms with van der Waals surface area (Å²) in [6.45, 7) is 6.42. The fourth-order valence-corrected chi connectivity index (χ4v) is 5.25. The predicted octanol–water partition coefficient (Wildman–Crippen LogP) is 4.48. The van der Waals surface area contributed by atoms with Crippen molar-refractivity contribution in [2.75, 3.05) is 26.7 Å². The summed E-state index contributed by atoms with van der Waals surface area (Å²) >= 11 is 0. The van der Waals surface area contributed by atoms with E-state index in [2.05, 4.69) is 36.1 Å². The molecule has 126 valence electrons. The molecule has 2 aliphatic carbocycles. The van der Waals surface area contributed by atoms with E-state index in [-0.39, 0.29) is 0 Å². The molecule has 1 aliphatic heterocycles. The van der Waals surface area contributed by atoms with Gasteiger partial charge in [0.25, 0.3) is 0 Å². The molecule has 23 heavy (non-hydrogen) atoms. The minimum absolute atomic E-state index is 0.395. The Morgan fingerprint density at radius 3 is 2.87 bits per heavy atom. The molecular weight excluding hydrogens is 282 g/mol. The van der Waals surface area contributed by atoms with Crippen LogP contribution in [0.2, 0.25) is 0 Å². The van der Waals surface area contributed by atoms with Crippen molar-refractivity contribution in [2.24, 2.45) is 17.8 Å². The van der Waals surface area contributed by atoms with Crippen LogP contribution in [0.1, 0.15) is 51.0 Å². The van der Waals surface area contributed by atoms with Gasteiger partial charge in [0.15, 0.2) is 0 Å². The van der Waals surface area contributed by atoms with E-state index in [0.29, 0.717) is 5.41 Å². The lowest BCUT2D eigenvalue weighted by atomic mass is 9.57. The van der Waals surface area contributed by atoms with Crippen LogP contribution >= 0.6 is 0 Å². The quantitative estimate of drug-likeness (QED) is 0.812. The Bertz CT molecular complexity index is 553. The minimum atomic E-state index is 0.395. The Morgan fingerprint density at radius 2 is 2.09 bits per heavy atom. The van der Waals surface area contributed by atoms with E-state index in [4.69, 9.17) is 4.74 Å². The molecule has 1 saturated heterocycles. The lowest BCUT2D eigenvalue weighted by Crippen LogP contribution is -2.53. The maximum absolute atomic E-state index is 5.52. The van der Waals surface area contributed by atoms with Crippen molar-refractivity contribution in [3.05, 3.63) is 29.8 Å². The van der Waals surface area contributed by atoms with Gasteiger partial charge in [0, 0.05) is 18.5 Å². The second-order valence-electron chi connectivity index (χ2n) is 8.42. The molecule has 0 aromatic heterocycles. The number of hydrogen-bond donors (Lipinski definition) is 0. The Kier molecular flexibility index (Phi) is 4.13. The highest BCUT2D eigenvalue weighted by atomic mass is 16.5. The number of benzene rings is 1. The molecule has 2 nitrogen and oxygen atoms in total. The van der Waals surface area contributed by atoms with Crippen LogP contribution in [0.15, 0.2) is 24.3 Å². The van der Waals surface area contributed by atoms with Crippen molar-refractivity contribution < 1.29 is 4.74 Å². The molecule has 1 unspecified atom stereocenters. The van der Waals surface area contributed by atoms with Crippen molar-refractivity contribution >= 4 is 0 Å². The van der Waals surface area contributed by atoms with Crippen LogP contribution in [0.5, 0.6) is 5.75 Å². The first-order valence-corrected chi connectivity index (χ1v) is 9.56. The first-order valence-electron chi connectivity index (χ1n) is 9.56. The lowest BCUT2D eigenvalue weighted by Gasteiger charge is -2.53. The van der Waals surface area contributed by atoms with Crippen molar-refractivity contribution in [1.82, 2.24) is 4.90 Å². The van der Waals surface area contributed by atoms with Crippen LogP contribution in [0, 0.1) is 17.8 Å². The van der Waals surface area contributed by atoms with E-state index < -0.39 is 0 Å². The fraction of sp³-hybridized carbons (Fsp3) is 0.714. The Hall–Kier alpha value is -1.02. The molecule has 1 aromatic carbocycles. The molecule has 1 heterocycles. The van der Waals surface area contributed by atoms with Gasteiger partial charge in [-0.15, -0.1) is 0 Å². The average molecular weight is 313 g/mol. The zero-order chi connectivity index (χ0) is 15.9. The molecule has 3 fully saturated rings. The fourth-order valence-electron chi connectivity index (χ4n) is 5.25. The molecule has 0 N–H and O–H groups in total. The van der Waals surface area contributed by atoms with Gasteiger partial charge in [0.2, 0.25) is 0 Å². The third-order valence-corrected chi connectivity index (χ3v) is 6.71. The van der Waals surface area contributed by atoms with Gasteiger partial charge in [0.05, 0.1) is 7.11 Å². The van der Waals surface area contributed by atoms with Crippen molar-refractivity contribution in [3.8, 4) is 5.75 Å². The van der Waals surface area contributed by atoms with Gasteiger partial charge >= 0.3 is 0 Å². The smallest absolute Gasteiger partial charge is 0.119 e. The van der Waals surface area contributed by atoms with E-state index in [1.165, 1.54) is 58.2 Å². The zero-order valence-corrected chi connectivity index (χ0v) is 14.8. The summed E-state index contributed by atoms with van der Waals surface area (Å²) in [5.74, 6) is 3.72. The van der Waals surface area contributed by atoms with E-state index >= 15 is 0 Å². The van der Waals surface area contributed by atoms with Gasteiger partial charge in [-0.2, -0.15) is 0 Å². The molecule has 0 radical (unpaired) electrons. The van der Waals surface area contributed by atoms with Crippen LogP contribution in [0.25, 0.3) is 0 Å². The van der Waals surface area contributed by atoms with Crippen molar-refractivity contribution in [2.45, 2.75) is 50.9 Å². The third-order valence-electron chi connectivity index (χ3n) is 6.71. The highest BCUT2D eigenvalue weighted by Gasteiger charge is 2.47. The van der Waals surface area contributed by atoms with E-state index in [9.17, 15) is 0 Å². The number of nitrogens with zero attached hydrogens (tertiary/aromatic N) is 1. The van der Waals surface area contributed by atoms with Gasteiger partial charge in [0.1, 0.15) is 5.75 Å². The molecule has 0 amide bonds. The van der Waals surface area contributed by atoms with Gasteiger partial charge in [-0.3, -0.25) is 0 Å². The molecule has 2 saturated carbocycles. The van der Waals surface area contributed by atoms with Gasteiger partial charge in [-0.1, -0.05) is 25.5 Å². The van der Waals surface area contributed by atoms with E-state index in [1.807, 2.05) is 0 Å². The molecule has 0 bridgehead atoms. The summed E-state index contributed by atoms with van der Waals surface area (Å²) in [6, 6.07) is 8.96. The second kappa shape index (κ2) is 6.12. The molecule has 0 spiro atoms. The summed E-state index contributed by atoms with van der Waals surface area (Å²) in [5.41, 5.74) is 1.94. The summed E-state index contributed by atoms with van der Waals surface area (Å²) in [6.07, 6.45) is 8.45. The SMILES string of the molecule is COc1cccc([C@@]23CCN(CC4CC4)C[C@@H]2CCC(C)C3)c1. The number of rotatable bonds is 4. The zero-order valence-electron chi connectivity index (χ0n) is 14.8. The predicted molar refractivity (Wildman–Crippen MR) is 95.0 cm³/mol. The van der Waals surface area contributed by atoms with Crippen LogP contribution < -0.4 is 4.74 Å². The number of hydrogen-bond acceptors (Lipinski definition) is 2. The minimum Gasteiger partial charge on any atom is -0.497 e. The topological polar surface area (TPSA) is 12.5 Å². The lowest BCUT2D eigenvalue weighted by molar-refractivity contribution is 0.0364. The van der Waals surface area contributed by atoms with Gasteiger partial charge in [-0.05, 0) is 74.1 Å². The molecule has 3 aliphatic rings. The average Bonchev–Trinajstić information content (AvgIpc) is 3.39. The molecule has 1 aromatic rings. The summed E-state index contributed by atoms with van der Waals surface area (Å²) in [5, 5.41) is 0. The van der Waals surface area contributed by atoms with Crippen molar-refractivity contribution in [3.63, 3.8) is 0 Å². The number of piperidine rings is 1. The Morgan fingerprint density at radius 1 is 1.22 bits per heavy atom. The molecule has 2 heteroatoms. The summed E-state index contributed by atoms with van der Waals surface area (Å²) in [7, 11) is 1.79. The summed E-state index contributed by atoms with van der Waals surface area (Å²) < 4.78 is 5.52. The Labute approximate surface area is 141 Å². The monoisotopic (exact) mass is 313 g/mol. The van der Waals surface area contributed by atoms with E-state index in [0.717, 1.165) is 23.5 Å². The third kappa shape index (κ3) is 3.03. The molecule has 3 atom stereocenters. The first-order chi connectivity index (χ1) is 11.2. The largest absolute Gasteiger partial charge is 0.497 e. The van der Waals surface area contributed by atoms with Gasteiger partial charge < -0.3 is 9.64 Å². The van der Waals surface area contributed by atoms with Crippen LogP contribution in [-0.2, 0) is 5.41 Å². The van der Waals surface area contributed by atoms with Crippen molar-refractivity contribution in [1.29, 1.82) is 0 Å². The Balaban J connectivity index is 1.61.